The molecule has 1 atom stereocenters. The van der Waals surface area contributed by atoms with E-state index in [1.165, 1.54) is 0 Å². The Bertz CT molecular complexity index is 555. The number of amides is 1. The lowest BCUT2D eigenvalue weighted by atomic mass is 9.97. The van der Waals surface area contributed by atoms with Crippen LogP contribution in [0.3, 0.4) is 0 Å². The van der Waals surface area contributed by atoms with Gasteiger partial charge in [-0.3, -0.25) is 4.79 Å². The van der Waals surface area contributed by atoms with Crippen LogP contribution in [0.1, 0.15) is 48.5 Å². The predicted molar refractivity (Wildman–Crippen MR) is 87.6 cm³/mol. The number of carboxylic acids is 1. The number of likely N-dealkylation sites (tertiary alicyclic amines) is 1. The van der Waals surface area contributed by atoms with Crippen molar-refractivity contribution in [3.63, 3.8) is 0 Å². The Hall–Kier alpha value is -1.88. The summed E-state index contributed by atoms with van der Waals surface area (Å²) in [6.45, 7) is 3.63. The number of carbonyl (C=O) groups is 2. The summed E-state index contributed by atoms with van der Waals surface area (Å²) in [5, 5.41) is 8.88. The van der Waals surface area contributed by atoms with Gasteiger partial charge >= 0.3 is 5.97 Å². The van der Waals surface area contributed by atoms with Crippen LogP contribution in [0.5, 0.6) is 0 Å². The molecule has 1 aliphatic rings. The molecule has 0 spiro atoms. The normalized spacial score (nSPS) is 21.7. The summed E-state index contributed by atoms with van der Waals surface area (Å²) in [6, 6.07) is 6.72. The number of aryl methyl sites for hydroxylation is 1. The summed E-state index contributed by atoms with van der Waals surface area (Å²) in [6.07, 6.45) is 3.89. The summed E-state index contributed by atoms with van der Waals surface area (Å²) in [4.78, 5) is 25.1. The van der Waals surface area contributed by atoms with Crippen molar-refractivity contribution in [1.29, 1.82) is 0 Å². The first-order valence-corrected chi connectivity index (χ1v) is 8.09. The minimum absolute atomic E-state index is 0.123. The van der Waals surface area contributed by atoms with Crippen molar-refractivity contribution < 1.29 is 19.4 Å². The van der Waals surface area contributed by atoms with Gasteiger partial charge in [0.1, 0.15) is 0 Å². The fourth-order valence-electron chi connectivity index (χ4n) is 2.93. The van der Waals surface area contributed by atoms with Gasteiger partial charge in [-0.25, -0.2) is 4.79 Å². The maximum absolute atomic E-state index is 12.4. The molecule has 2 rings (SSSR count). The minimum Gasteiger partial charge on any atom is -0.478 e. The third kappa shape index (κ3) is 4.79. The van der Waals surface area contributed by atoms with Crippen molar-refractivity contribution in [2.45, 2.75) is 44.6 Å². The van der Waals surface area contributed by atoms with Gasteiger partial charge in [-0.2, -0.15) is 0 Å². The van der Waals surface area contributed by atoms with Crippen molar-refractivity contribution in [2.75, 3.05) is 20.2 Å². The minimum atomic E-state index is -0.932. The van der Waals surface area contributed by atoms with Gasteiger partial charge in [0.25, 0.3) is 0 Å². The molecule has 1 fully saturated rings. The fraction of sp³-hybridized carbons (Fsp3) is 0.556. The Morgan fingerprint density at radius 1 is 1.22 bits per heavy atom. The molecule has 0 saturated carbocycles. The van der Waals surface area contributed by atoms with E-state index < -0.39 is 5.97 Å². The number of aromatic carboxylic acids is 1. The number of carboxylic acid groups (broad SMARTS) is 1. The maximum atomic E-state index is 12.4. The highest BCUT2D eigenvalue weighted by Crippen LogP contribution is 2.25. The largest absolute Gasteiger partial charge is 0.478 e. The molecule has 1 heterocycles. The Labute approximate surface area is 137 Å². The van der Waals surface area contributed by atoms with E-state index in [4.69, 9.17) is 9.84 Å². The molecule has 0 bridgehead atoms. The number of nitrogens with zero attached hydrogens (tertiary/aromatic N) is 1. The lowest BCUT2D eigenvalue weighted by Crippen LogP contribution is -2.34. The Morgan fingerprint density at radius 2 is 1.91 bits per heavy atom. The Morgan fingerprint density at radius 3 is 2.52 bits per heavy atom. The van der Waals surface area contributed by atoms with E-state index in [2.05, 4.69) is 6.92 Å². The van der Waals surface area contributed by atoms with Crippen molar-refractivity contribution in [2.24, 2.45) is 0 Å². The Kier molecular flexibility index (Phi) is 5.77. The van der Waals surface area contributed by atoms with E-state index in [1.54, 1.807) is 31.4 Å². The van der Waals surface area contributed by atoms with Crippen LogP contribution in [0.2, 0.25) is 0 Å². The molecule has 1 N–H and O–H groups in total. The number of hydrogen-bond acceptors (Lipinski definition) is 3. The molecular weight excluding hydrogens is 294 g/mol. The zero-order valence-corrected chi connectivity index (χ0v) is 13.9. The van der Waals surface area contributed by atoms with Crippen LogP contribution in [-0.2, 0) is 16.0 Å². The molecule has 0 aromatic heterocycles. The first kappa shape index (κ1) is 17.5. The van der Waals surface area contributed by atoms with Crippen LogP contribution in [-0.4, -0.2) is 47.7 Å². The van der Waals surface area contributed by atoms with Gasteiger partial charge in [0.05, 0.1) is 11.2 Å². The number of ether oxygens (including phenoxy) is 1. The molecule has 1 saturated heterocycles. The monoisotopic (exact) mass is 319 g/mol. The SMILES string of the molecule is CO[C@@]1(C)CCCN(C(=O)CCc2ccc(C(=O)O)cc2)CC1. The summed E-state index contributed by atoms with van der Waals surface area (Å²) in [7, 11) is 1.73. The number of benzene rings is 1. The summed E-state index contributed by atoms with van der Waals surface area (Å²) < 4.78 is 5.56. The number of carbonyl (C=O) groups excluding carboxylic acids is 1. The molecule has 5 heteroatoms. The van der Waals surface area contributed by atoms with Crippen LogP contribution < -0.4 is 0 Å². The summed E-state index contributed by atoms with van der Waals surface area (Å²) >= 11 is 0. The molecule has 23 heavy (non-hydrogen) atoms. The molecular formula is C18H25NO4. The molecule has 1 aliphatic heterocycles. The van der Waals surface area contributed by atoms with Gasteiger partial charge < -0.3 is 14.7 Å². The first-order valence-electron chi connectivity index (χ1n) is 8.09. The van der Waals surface area contributed by atoms with Crippen molar-refractivity contribution in [3.05, 3.63) is 35.4 Å². The van der Waals surface area contributed by atoms with E-state index >= 15 is 0 Å². The van der Waals surface area contributed by atoms with Gasteiger partial charge in [0.15, 0.2) is 0 Å². The van der Waals surface area contributed by atoms with Gasteiger partial charge in [-0.15, -0.1) is 0 Å². The molecule has 5 nitrogen and oxygen atoms in total. The number of hydrogen-bond donors (Lipinski definition) is 1. The van der Waals surface area contributed by atoms with Gasteiger partial charge in [-0.1, -0.05) is 12.1 Å². The smallest absolute Gasteiger partial charge is 0.335 e. The van der Waals surface area contributed by atoms with E-state index in [0.717, 1.165) is 37.9 Å². The maximum Gasteiger partial charge on any atom is 0.335 e. The van der Waals surface area contributed by atoms with E-state index in [1.807, 2.05) is 4.90 Å². The van der Waals surface area contributed by atoms with Crippen molar-refractivity contribution in [1.82, 2.24) is 4.90 Å². The van der Waals surface area contributed by atoms with Crippen LogP contribution in [0.25, 0.3) is 0 Å². The average Bonchev–Trinajstić information content (AvgIpc) is 2.75. The molecule has 1 aromatic carbocycles. The second-order valence-electron chi connectivity index (χ2n) is 6.39. The van der Waals surface area contributed by atoms with Crippen LogP contribution >= 0.6 is 0 Å². The standard InChI is InChI=1S/C18H25NO4/c1-18(23-2)10-3-12-19(13-11-18)16(20)9-6-14-4-7-15(8-5-14)17(21)22/h4-5,7-8H,3,6,9-13H2,1-2H3,(H,21,22)/t18-/m0/s1. The van der Waals surface area contributed by atoms with Crippen molar-refractivity contribution in [3.8, 4) is 0 Å². The second-order valence-corrected chi connectivity index (χ2v) is 6.39. The van der Waals surface area contributed by atoms with Crippen molar-refractivity contribution >= 4 is 11.9 Å². The molecule has 0 unspecified atom stereocenters. The van der Waals surface area contributed by atoms with Crippen LogP contribution in [0.15, 0.2) is 24.3 Å². The highest BCUT2D eigenvalue weighted by molar-refractivity contribution is 5.87. The third-order valence-corrected chi connectivity index (χ3v) is 4.72. The Balaban J connectivity index is 1.86. The highest BCUT2D eigenvalue weighted by atomic mass is 16.5. The number of rotatable bonds is 5. The van der Waals surface area contributed by atoms with E-state index in [9.17, 15) is 9.59 Å². The predicted octanol–water partition coefficient (Wildman–Crippen LogP) is 2.74. The highest BCUT2D eigenvalue weighted by Gasteiger charge is 2.28. The lowest BCUT2D eigenvalue weighted by molar-refractivity contribution is -0.131. The number of methoxy groups -OCH3 is 1. The molecule has 1 aromatic rings. The molecule has 1 amide bonds. The molecule has 126 valence electrons. The van der Waals surface area contributed by atoms with Gasteiger partial charge in [0, 0.05) is 26.6 Å². The third-order valence-electron chi connectivity index (χ3n) is 4.72. The summed E-state index contributed by atoms with van der Waals surface area (Å²) in [5.41, 5.74) is 1.13. The zero-order valence-electron chi connectivity index (χ0n) is 13.9. The topological polar surface area (TPSA) is 66.8 Å². The summed E-state index contributed by atoms with van der Waals surface area (Å²) in [5.74, 6) is -0.772. The van der Waals surface area contributed by atoms with Gasteiger partial charge in [0.2, 0.25) is 5.91 Å². The average molecular weight is 319 g/mol. The zero-order chi connectivity index (χ0) is 16.9. The first-order chi connectivity index (χ1) is 10.9. The second kappa shape index (κ2) is 7.59. The molecule has 0 aliphatic carbocycles. The lowest BCUT2D eigenvalue weighted by Gasteiger charge is -2.26. The van der Waals surface area contributed by atoms with Crippen LogP contribution in [0, 0.1) is 0 Å². The van der Waals surface area contributed by atoms with Gasteiger partial charge in [-0.05, 0) is 50.3 Å². The quantitative estimate of drug-likeness (QED) is 0.906. The fourth-order valence-corrected chi connectivity index (χ4v) is 2.93. The molecule has 0 radical (unpaired) electrons. The van der Waals surface area contributed by atoms with E-state index in [-0.39, 0.29) is 17.1 Å². The van der Waals surface area contributed by atoms with Crippen LogP contribution in [0.4, 0.5) is 0 Å². The van der Waals surface area contributed by atoms with E-state index in [0.29, 0.717) is 12.8 Å².